The summed E-state index contributed by atoms with van der Waals surface area (Å²) in [5, 5.41) is 3.51. The van der Waals surface area contributed by atoms with Crippen molar-refractivity contribution in [2.45, 2.75) is 40.5 Å². The monoisotopic (exact) mass is 371 g/mol. The summed E-state index contributed by atoms with van der Waals surface area (Å²) in [6.07, 6.45) is 2.08. The van der Waals surface area contributed by atoms with E-state index in [0.717, 1.165) is 48.9 Å². The molecular formula is C23H33NO3. The van der Waals surface area contributed by atoms with Crippen LogP contribution in [-0.2, 0) is 0 Å². The van der Waals surface area contributed by atoms with Gasteiger partial charge in [-0.25, -0.2) is 0 Å². The molecule has 0 bridgehead atoms. The number of methoxy groups -OCH3 is 2. The van der Waals surface area contributed by atoms with Crippen LogP contribution >= 0.6 is 0 Å². The van der Waals surface area contributed by atoms with Gasteiger partial charge in [-0.3, -0.25) is 0 Å². The molecule has 0 heterocycles. The smallest absolute Gasteiger partial charge is 0.142 e. The predicted molar refractivity (Wildman–Crippen MR) is 112 cm³/mol. The lowest BCUT2D eigenvalue weighted by molar-refractivity contribution is 0.263. The summed E-state index contributed by atoms with van der Waals surface area (Å²) in [7, 11) is 3.36. The first-order chi connectivity index (χ1) is 12.8. The average Bonchev–Trinajstić information content (AvgIpc) is 2.66. The van der Waals surface area contributed by atoms with Gasteiger partial charge in [0.25, 0.3) is 0 Å². The molecule has 0 aliphatic rings. The largest absolute Gasteiger partial charge is 0.497 e. The van der Waals surface area contributed by atoms with Gasteiger partial charge in [-0.05, 0) is 61.4 Å². The van der Waals surface area contributed by atoms with Gasteiger partial charge in [-0.15, -0.1) is 0 Å². The number of anilines is 1. The Hall–Kier alpha value is -2.36. The quantitative estimate of drug-likeness (QED) is 0.550. The van der Waals surface area contributed by atoms with Gasteiger partial charge < -0.3 is 19.5 Å². The van der Waals surface area contributed by atoms with Crippen LogP contribution in [0.4, 0.5) is 5.69 Å². The second kappa shape index (κ2) is 9.54. The summed E-state index contributed by atoms with van der Waals surface area (Å²) >= 11 is 0. The molecule has 2 aromatic rings. The summed E-state index contributed by atoms with van der Waals surface area (Å²) in [5.74, 6) is 2.63. The fourth-order valence-corrected chi connectivity index (χ4v) is 2.97. The van der Waals surface area contributed by atoms with Crippen molar-refractivity contribution in [3.8, 4) is 17.2 Å². The molecule has 2 rings (SSSR count). The standard InChI is InChI=1S/C23H33NO3/c1-17-8-9-18(2)22(14-17)27-13-7-12-23(3,4)16-24-20-15-19(25-5)10-11-21(20)26-6/h8-11,14-15,24H,7,12-13,16H2,1-6H3. The molecule has 2 aromatic carbocycles. The molecule has 0 spiro atoms. The zero-order chi connectivity index (χ0) is 19.9. The van der Waals surface area contributed by atoms with Crippen molar-refractivity contribution in [2.75, 3.05) is 32.7 Å². The van der Waals surface area contributed by atoms with Gasteiger partial charge in [-0.1, -0.05) is 26.0 Å². The summed E-state index contributed by atoms with van der Waals surface area (Å²) in [6.45, 7) is 10.3. The number of hydrogen-bond donors (Lipinski definition) is 1. The lowest BCUT2D eigenvalue weighted by Crippen LogP contribution is -2.24. The number of ether oxygens (including phenoxy) is 3. The van der Waals surface area contributed by atoms with Crippen LogP contribution in [0, 0.1) is 19.3 Å². The fraction of sp³-hybridized carbons (Fsp3) is 0.478. The van der Waals surface area contributed by atoms with Crippen molar-refractivity contribution in [2.24, 2.45) is 5.41 Å². The molecule has 148 valence electrons. The van der Waals surface area contributed by atoms with Crippen LogP contribution in [0.3, 0.4) is 0 Å². The second-order valence-corrected chi connectivity index (χ2v) is 7.80. The second-order valence-electron chi connectivity index (χ2n) is 7.80. The maximum absolute atomic E-state index is 5.99. The zero-order valence-electron chi connectivity index (χ0n) is 17.5. The first-order valence-corrected chi connectivity index (χ1v) is 9.50. The third-order valence-electron chi connectivity index (χ3n) is 4.76. The minimum Gasteiger partial charge on any atom is -0.497 e. The third kappa shape index (κ3) is 6.38. The van der Waals surface area contributed by atoms with Crippen LogP contribution < -0.4 is 19.5 Å². The molecule has 0 radical (unpaired) electrons. The van der Waals surface area contributed by atoms with Crippen LogP contribution in [0.15, 0.2) is 36.4 Å². The van der Waals surface area contributed by atoms with Gasteiger partial charge in [0, 0.05) is 12.6 Å². The van der Waals surface area contributed by atoms with E-state index in [1.165, 1.54) is 11.1 Å². The molecule has 0 aliphatic carbocycles. The summed E-state index contributed by atoms with van der Waals surface area (Å²) < 4.78 is 16.7. The fourth-order valence-electron chi connectivity index (χ4n) is 2.97. The maximum Gasteiger partial charge on any atom is 0.142 e. The van der Waals surface area contributed by atoms with Crippen molar-refractivity contribution >= 4 is 5.69 Å². The highest BCUT2D eigenvalue weighted by Crippen LogP contribution is 2.31. The molecule has 4 nitrogen and oxygen atoms in total. The highest BCUT2D eigenvalue weighted by Gasteiger charge is 2.18. The maximum atomic E-state index is 5.99. The normalized spacial score (nSPS) is 11.2. The van der Waals surface area contributed by atoms with E-state index < -0.39 is 0 Å². The number of nitrogens with one attached hydrogen (secondary N) is 1. The molecule has 0 saturated heterocycles. The van der Waals surface area contributed by atoms with Gasteiger partial charge in [0.15, 0.2) is 0 Å². The van der Waals surface area contributed by atoms with Crippen molar-refractivity contribution in [1.29, 1.82) is 0 Å². The van der Waals surface area contributed by atoms with E-state index in [-0.39, 0.29) is 5.41 Å². The van der Waals surface area contributed by atoms with Gasteiger partial charge >= 0.3 is 0 Å². The predicted octanol–water partition coefficient (Wildman–Crippen LogP) is 5.62. The Morgan fingerprint density at radius 1 is 0.926 bits per heavy atom. The summed E-state index contributed by atoms with van der Waals surface area (Å²) in [5.41, 5.74) is 3.51. The molecule has 0 aliphatic heterocycles. The molecular weight excluding hydrogens is 338 g/mol. The topological polar surface area (TPSA) is 39.7 Å². The molecule has 0 fully saturated rings. The molecule has 27 heavy (non-hydrogen) atoms. The molecule has 0 aromatic heterocycles. The van der Waals surface area contributed by atoms with E-state index in [9.17, 15) is 0 Å². The van der Waals surface area contributed by atoms with E-state index in [4.69, 9.17) is 14.2 Å². The Bertz CT molecular complexity index is 740. The minimum absolute atomic E-state index is 0.138. The van der Waals surface area contributed by atoms with E-state index in [2.05, 4.69) is 51.2 Å². The minimum atomic E-state index is 0.138. The van der Waals surface area contributed by atoms with Crippen molar-refractivity contribution in [3.63, 3.8) is 0 Å². The lowest BCUT2D eigenvalue weighted by Gasteiger charge is -2.26. The summed E-state index contributed by atoms with van der Waals surface area (Å²) in [6, 6.07) is 12.1. The van der Waals surface area contributed by atoms with Crippen LogP contribution in [0.2, 0.25) is 0 Å². The number of benzene rings is 2. The first kappa shape index (κ1) is 20.9. The van der Waals surface area contributed by atoms with Crippen LogP contribution in [-0.4, -0.2) is 27.4 Å². The molecule has 4 heteroatoms. The van der Waals surface area contributed by atoms with Crippen LogP contribution in [0.25, 0.3) is 0 Å². The van der Waals surface area contributed by atoms with Crippen molar-refractivity contribution < 1.29 is 14.2 Å². The lowest BCUT2D eigenvalue weighted by atomic mass is 9.88. The highest BCUT2D eigenvalue weighted by atomic mass is 16.5. The Morgan fingerprint density at radius 2 is 1.70 bits per heavy atom. The Kier molecular flexibility index (Phi) is 7.40. The Morgan fingerprint density at radius 3 is 2.41 bits per heavy atom. The molecule has 0 atom stereocenters. The Balaban J connectivity index is 1.84. The van der Waals surface area contributed by atoms with Crippen LogP contribution in [0.1, 0.15) is 37.8 Å². The molecule has 0 unspecified atom stereocenters. The van der Waals surface area contributed by atoms with Crippen molar-refractivity contribution in [1.82, 2.24) is 0 Å². The third-order valence-corrected chi connectivity index (χ3v) is 4.76. The van der Waals surface area contributed by atoms with Gasteiger partial charge in [0.05, 0.1) is 26.5 Å². The average molecular weight is 372 g/mol. The van der Waals surface area contributed by atoms with E-state index >= 15 is 0 Å². The summed E-state index contributed by atoms with van der Waals surface area (Å²) in [4.78, 5) is 0. The van der Waals surface area contributed by atoms with Gasteiger partial charge in [-0.2, -0.15) is 0 Å². The number of aryl methyl sites for hydroxylation is 2. The van der Waals surface area contributed by atoms with E-state index in [1.54, 1.807) is 14.2 Å². The Labute approximate surface area is 163 Å². The number of hydrogen-bond acceptors (Lipinski definition) is 4. The molecule has 0 amide bonds. The zero-order valence-corrected chi connectivity index (χ0v) is 17.5. The van der Waals surface area contributed by atoms with Gasteiger partial charge in [0.1, 0.15) is 17.2 Å². The molecule has 0 saturated carbocycles. The number of rotatable bonds is 10. The highest BCUT2D eigenvalue weighted by molar-refractivity contribution is 5.59. The van der Waals surface area contributed by atoms with E-state index in [1.807, 2.05) is 18.2 Å². The van der Waals surface area contributed by atoms with Gasteiger partial charge in [0.2, 0.25) is 0 Å². The van der Waals surface area contributed by atoms with Crippen molar-refractivity contribution in [3.05, 3.63) is 47.5 Å². The molecule has 1 N–H and O–H groups in total. The SMILES string of the molecule is COc1ccc(OC)c(NCC(C)(C)CCCOc2cc(C)ccc2C)c1. The van der Waals surface area contributed by atoms with E-state index in [0.29, 0.717) is 0 Å². The first-order valence-electron chi connectivity index (χ1n) is 9.50. The van der Waals surface area contributed by atoms with Crippen LogP contribution in [0.5, 0.6) is 17.2 Å².